The van der Waals surface area contributed by atoms with Crippen LogP contribution in [0.2, 0.25) is 0 Å². The van der Waals surface area contributed by atoms with Crippen LogP contribution in [0.25, 0.3) is 0 Å². The Balaban J connectivity index is 0.00000144. The maximum Gasteiger partial charge on any atom is 0.179 e. The lowest BCUT2D eigenvalue weighted by Gasteiger charge is -2.20. The summed E-state index contributed by atoms with van der Waals surface area (Å²) in [5.74, 6) is -0.564. The van der Waals surface area contributed by atoms with Crippen molar-refractivity contribution >= 4 is 28.3 Å². The van der Waals surface area contributed by atoms with E-state index < -0.39 is 5.82 Å². The van der Waals surface area contributed by atoms with Gasteiger partial charge in [0, 0.05) is 11.6 Å². The third-order valence-corrected chi connectivity index (χ3v) is 3.98. The standard InChI is InChI=1S/C12H15BrFNO.ClH/c13-9-6-5-8(12(16)10(9)14)11(15)7-3-1-2-4-7;/h5-7,11,16H,1-4,15H2;1H/t11-;/m1./s1. The van der Waals surface area contributed by atoms with E-state index in [-0.39, 0.29) is 28.7 Å². The van der Waals surface area contributed by atoms with Gasteiger partial charge in [-0.25, -0.2) is 4.39 Å². The highest BCUT2D eigenvalue weighted by Crippen LogP contribution is 2.39. The first-order chi connectivity index (χ1) is 7.61. The molecule has 3 N–H and O–H groups in total. The average Bonchev–Trinajstić information content (AvgIpc) is 2.79. The molecular formula is C12H16BrClFNO. The van der Waals surface area contributed by atoms with E-state index in [2.05, 4.69) is 15.9 Å². The zero-order valence-electron chi connectivity index (χ0n) is 9.33. The van der Waals surface area contributed by atoms with Crippen molar-refractivity contribution < 1.29 is 9.50 Å². The largest absolute Gasteiger partial charge is 0.505 e. The number of aromatic hydroxyl groups is 1. The van der Waals surface area contributed by atoms with Gasteiger partial charge >= 0.3 is 0 Å². The Hall–Kier alpha value is -0.320. The highest BCUT2D eigenvalue weighted by Gasteiger charge is 2.26. The predicted octanol–water partition coefficient (Wildman–Crippen LogP) is 3.91. The third-order valence-electron chi connectivity index (χ3n) is 3.37. The average molecular weight is 325 g/mol. The lowest BCUT2D eigenvalue weighted by Crippen LogP contribution is -2.19. The van der Waals surface area contributed by atoms with Gasteiger partial charge in [-0.2, -0.15) is 0 Å². The number of benzene rings is 1. The lowest BCUT2D eigenvalue weighted by atomic mass is 9.92. The molecule has 1 aliphatic carbocycles. The van der Waals surface area contributed by atoms with Crippen LogP contribution in [-0.4, -0.2) is 5.11 Å². The number of hydrogen-bond donors (Lipinski definition) is 2. The molecule has 0 radical (unpaired) electrons. The monoisotopic (exact) mass is 323 g/mol. The first kappa shape index (κ1) is 14.7. The Kier molecular flexibility index (Phi) is 5.22. The Labute approximate surface area is 115 Å². The van der Waals surface area contributed by atoms with Crippen LogP contribution in [0, 0.1) is 11.7 Å². The number of rotatable bonds is 2. The van der Waals surface area contributed by atoms with E-state index in [1.54, 1.807) is 12.1 Å². The van der Waals surface area contributed by atoms with Crippen molar-refractivity contribution in [3.8, 4) is 5.75 Å². The maximum absolute atomic E-state index is 13.5. The molecule has 0 saturated heterocycles. The summed E-state index contributed by atoms with van der Waals surface area (Å²) >= 11 is 3.04. The van der Waals surface area contributed by atoms with Crippen molar-refractivity contribution in [3.63, 3.8) is 0 Å². The maximum atomic E-state index is 13.5. The summed E-state index contributed by atoms with van der Waals surface area (Å²) in [4.78, 5) is 0. The molecule has 2 nitrogen and oxygen atoms in total. The van der Waals surface area contributed by atoms with Crippen molar-refractivity contribution in [1.82, 2.24) is 0 Å². The number of halogens is 3. The van der Waals surface area contributed by atoms with Gasteiger partial charge < -0.3 is 10.8 Å². The second kappa shape index (κ2) is 6.03. The van der Waals surface area contributed by atoms with Crippen molar-refractivity contribution in [2.45, 2.75) is 31.7 Å². The topological polar surface area (TPSA) is 46.2 Å². The molecule has 17 heavy (non-hydrogen) atoms. The van der Waals surface area contributed by atoms with E-state index in [9.17, 15) is 9.50 Å². The summed E-state index contributed by atoms with van der Waals surface area (Å²) in [6, 6.07) is 3.04. The molecule has 0 amide bonds. The minimum Gasteiger partial charge on any atom is -0.505 e. The van der Waals surface area contributed by atoms with Crippen LogP contribution in [0.5, 0.6) is 5.75 Å². The van der Waals surface area contributed by atoms with E-state index in [0.717, 1.165) is 12.8 Å². The molecule has 0 spiro atoms. The highest BCUT2D eigenvalue weighted by atomic mass is 79.9. The van der Waals surface area contributed by atoms with E-state index in [4.69, 9.17) is 5.73 Å². The lowest BCUT2D eigenvalue weighted by molar-refractivity contribution is 0.391. The molecule has 0 bridgehead atoms. The molecule has 0 heterocycles. The van der Waals surface area contributed by atoms with Crippen LogP contribution in [0.4, 0.5) is 4.39 Å². The number of nitrogens with two attached hydrogens (primary N) is 1. The fraction of sp³-hybridized carbons (Fsp3) is 0.500. The first-order valence-corrected chi connectivity index (χ1v) is 6.33. The predicted molar refractivity (Wildman–Crippen MR) is 71.9 cm³/mol. The van der Waals surface area contributed by atoms with E-state index in [0.29, 0.717) is 11.5 Å². The Morgan fingerprint density at radius 1 is 1.35 bits per heavy atom. The Bertz CT molecular complexity index is 396. The summed E-state index contributed by atoms with van der Waals surface area (Å²) in [5.41, 5.74) is 6.60. The van der Waals surface area contributed by atoms with E-state index >= 15 is 0 Å². The second-order valence-corrected chi connectivity index (χ2v) is 5.22. The summed E-state index contributed by atoms with van der Waals surface area (Å²) in [5, 5.41) is 9.72. The van der Waals surface area contributed by atoms with Crippen LogP contribution in [0.3, 0.4) is 0 Å². The van der Waals surface area contributed by atoms with Crippen molar-refractivity contribution in [3.05, 3.63) is 28.0 Å². The summed E-state index contributed by atoms with van der Waals surface area (Å²) in [6.07, 6.45) is 4.49. The quantitative estimate of drug-likeness (QED) is 0.866. The minimum absolute atomic E-state index is 0. The zero-order valence-corrected chi connectivity index (χ0v) is 11.7. The molecule has 0 aliphatic heterocycles. The van der Waals surface area contributed by atoms with Crippen molar-refractivity contribution in [2.24, 2.45) is 11.7 Å². The third kappa shape index (κ3) is 2.92. The highest BCUT2D eigenvalue weighted by molar-refractivity contribution is 9.10. The van der Waals surface area contributed by atoms with E-state index in [1.165, 1.54) is 12.8 Å². The van der Waals surface area contributed by atoms with Gasteiger partial charge in [-0.1, -0.05) is 18.9 Å². The molecule has 1 atom stereocenters. The number of phenolic OH excluding ortho intramolecular Hbond substituents is 1. The summed E-state index contributed by atoms with van der Waals surface area (Å²) in [6.45, 7) is 0. The Morgan fingerprint density at radius 3 is 2.53 bits per heavy atom. The molecule has 0 aromatic heterocycles. The number of phenols is 1. The first-order valence-electron chi connectivity index (χ1n) is 5.53. The van der Waals surface area contributed by atoms with Gasteiger partial charge in [-0.15, -0.1) is 12.4 Å². The van der Waals surface area contributed by atoms with Crippen LogP contribution in [0.15, 0.2) is 16.6 Å². The molecule has 96 valence electrons. The van der Waals surface area contributed by atoms with Crippen LogP contribution in [-0.2, 0) is 0 Å². The Morgan fingerprint density at radius 2 is 1.94 bits per heavy atom. The molecule has 5 heteroatoms. The fourth-order valence-corrected chi connectivity index (χ4v) is 2.71. The van der Waals surface area contributed by atoms with Crippen LogP contribution in [0.1, 0.15) is 37.3 Å². The fourth-order valence-electron chi connectivity index (χ4n) is 2.39. The normalized spacial score (nSPS) is 17.8. The van der Waals surface area contributed by atoms with Gasteiger partial charge in [0.25, 0.3) is 0 Å². The zero-order chi connectivity index (χ0) is 11.7. The smallest absolute Gasteiger partial charge is 0.179 e. The van der Waals surface area contributed by atoms with Crippen molar-refractivity contribution in [2.75, 3.05) is 0 Å². The van der Waals surface area contributed by atoms with Gasteiger partial charge in [0.1, 0.15) is 0 Å². The summed E-state index contributed by atoms with van der Waals surface area (Å²) in [7, 11) is 0. The molecule has 1 saturated carbocycles. The van der Waals surface area contributed by atoms with E-state index in [1.807, 2.05) is 0 Å². The molecule has 1 aliphatic rings. The molecule has 1 fully saturated rings. The molecule has 1 aromatic carbocycles. The van der Waals surface area contributed by atoms with Gasteiger partial charge in [0.2, 0.25) is 0 Å². The summed E-state index contributed by atoms with van der Waals surface area (Å²) < 4.78 is 13.8. The van der Waals surface area contributed by atoms with Gasteiger partial charge in [0.15, 0.2) is 11.6 Å². The molecule has 2 rings (SSSR count). The van der Waals surface area contributed by atoms with Crippen LogP contribution >= 0.6 is 28.3 Å². The molecule has 0 unspecified atom stereocenters. The van der Waals surface area contributed by atoms with Crippen LogP contribution < -0.4 is 5.73 Å². The second-order valence-electron chi connectivity index (χ2n) is 4.37. The molecular weight excluding hydrogens is 308 g/mol. The molecule has 1 aromatic rings. The number of hydrogen-bond acceptors (Lipinski definition) is 2. The van der Waals surface area contributed by atoms with Gasteiger partial charge in [-0.3, -0.25) is 0 Å². The van der Waals surface area contributed by atoms with Gasteiger partial charge in [-0.05, 0) is 40.8 Å². The van der Waals surface area contributed by atoms with Gasteiger partial charge in [0.05, 0.1) is 4.47 Å². The minimum atomic E-state index is -0.619. The van der Waals surface area contributed by atoms with Crippen molar-refractivity contribution in [1.29, 1.82) is 0 Å². The SMILES string of the molecule is Cl.N[C@@H](c1ccc(Br)c(F)c1O)C1CCCC1.